The van der Waals surface area contributed by atoms with Gasteiger partial charge in [0.1, 0.15) is 5.75 Å². The smallest absolute Gasteiger partial charge is 0.344 e. The highest BCUT2D eigenvalue weighted by molar-refractivity contribution is 5.92. The minimum Gasteiger partial charge on any atom is -0.423 e. The average Bonchev–Trinajstić information content (AvgIpc) is 2.68. The molecule has 3 aromatic rings. The fourth-order valence-corrected chi connectivity index (χ4v) is 2.44. The van der Waals surface area contributed by atoms with Gasteiger partial charge >= 0.3 is 5.97 Å². The molecular formula is C19H12N2O6. The van der Waals surface area contributed by atoms with E-state index >= 15 is 0 Å². The summed E-state index contributed by atoms with van der Waals surface area (Å²) < 4.78 is 5.18. The molecule has 0 N–H and O–H groups in total. The van der Waals surface area contributed by atoms with E-state index in [0.29, 0.717) is 0 Å². The van der Waals surface area contributed by atoms with Gasteiger partial charge in [0.25, 0.3) is 11.4 Å². The molecule has 0 bridgehead atoms. The molecule has 27 heavy (non-hydrogen) atoms. The second-order valence-electron chi connectivity index (χ2n) is 5.53. The number of hydrogen-bond donors (Lipinski definition) is 0. The van der Waals surface area contributed by atoms with Crippen molar-refractivity contribution in [3.05, 3.63) is 98.6 Å². The predicted molar refractivity (Wildman–Crippen MR) is 96.6 cm³/mol. The second kappa shape index (κ2) is 7.44. The number of benzene rings is 3. The van der Waals surface area contributed by atoms with E-state index in [0.717, 1.165) is 29.3 Å². The minimum absolute atomic E-state index is 0.217. The number of nitro groups is 2. The third-order valence-corrected chi connectivity index (χ3v) is 3.73. The number of nitrogens with zero attached hydrogens (tertiary/aromatic N) is 2. The van der Waals surface area contributed by atoms with E-state index < -0.39 is 27.2 Å². The quantitative estimate of drug-likeness (QED) is 0.287. The van der Waals surface area contributed by atoms with Gasteiger partial charge in [-0.2, -0.15) is 0 Å². The van der Waals surface area contributed by atoms with E-state index in [-0.39, 0.29) is 11.3 Å². The van der Waals surface area contributed by atoms with Crippen molar-refractivity contribution in [2.45, 2.75) is 0 Å². The lowest BCUT2D eigenvalue weighted by atomic mass is 10.1. The Morgan fingerprint density at radius 3 is 1.78 bits per heavy atom. The molecule has 0 fully saturated rings. The first-order valence-electron chi connectivity index (χ1n) is 7.75. The molecule has 134 valence electrons. The van der Waals surface area contributed by atoms with Crippen molar-refractivity contribution in [2.75, 3.05) is 0 Å². The maximum atomic E-state index is 12.3. The Bertz CT molecular complexity index is 984. The van der Waals surface area contributed by atoms with Gasteiger partial charge in [-0.05, 0) is 23.3 Å². The van der Waals surface area contributed by atoms with Gasteiger partial charge in [-0.15, -0.1) is 0 Å². The summed E-state index contributed by atoms with van der Waals surface area (Å²) >= 11 is 0. The van der Waals surface area contributed by atoms with Crippen molar-refractivity contribution in [1.82, 2.24) is 0 Å². The number of rotatable bonds is 5. The second-order valence-corrected chi connectivity index (χ2v) is 5.53. The molecule has 3 aromatic carbocycles. The molecule has 0 radical (unpaired) electrons. The Hall–Kier alpha value is -4.07. The first kappa shape index (κ1) is 17.7. The Labute approximate surface area is 152 Å². The molecule has 0 saturated heterocycles. The summed E-state index contributed by atoms with van der Waals surface area (Å²) in [5, 5.41) is 21.8. The summed E-state index contributed by atoms with van der Waals surface area (Å²) in [5.41, 5.74) is 0.514. The first-order chi connectivity index (χ1) is 12.9. The van der Waals surface area contributed by atoms with Crippen molar-refractivity contribution in [2.24, 2.45) is 0 Å². The van der Waals surface area contributed by atoms with Gasteiger partial charge in [-0.3, -0.25) is 20.2 Å². The molecule has 0 aromatic heterocycles. The summed E-state index contributed by atoms with van der Waals surface area (Å²) in [7, 11) is 0. The molecule has 0 spiro atoms. The molecule has 0 aliphatic carbocycles. The van der Waals surface area contributed by atoms with E-state index in [1.165, 1.54) is 0 Å². The van der Waals surface area contributed by atoms with Gasteiger partial charge in [0.15, 0.2) is 0 Å². The highest BCUT2D eigenvalue weighted by Gasteiger charge is 2.21. The monoisotopic (exact) mass is 364 g/mol. The van der Waals surface area contributed by atoms with Gasteiger partial charge in [0.05, 0.1) is 21.5 Å². The molecule has 8 heteroatoms. The van der Waals surface area contributed by atoms with E-state index in [4.69, 9.17) is 4.74 Å². The maximum Gasteiger partial charge on any atom is 0.344 e. The van der Waals surface area contributed by atoms with Crippen LogP contribution in [0.1, 0.15) is 10.4 Å². The van der Waals surface area contributed by atoms with Gasteiger partial charge in [0, 0.05) is 12.1 Å². The Balaban J connectivity index is 1.83. The maximum absolute atomic E-state index is 12.3. The third kappa shape index (κ3) is 4.13. The normalized spacial score (nSPS) is 10.2. The van der Waals surface area contributed by atoms with E-state index in [9.17, 15) is 25.0 Å². The van der Waals surface area contributed by atoms with Gasteiger partial charge in [-0.1, -0.05) is 42.5 Å². The lowest BCUT2D eigenvalue weighted by Gasteiger charge is -2.06. The lowest BCUT2D eigenvalue weighted by Crippen LogP contribution is -2.09. The van der Waals surface area contributed by atoms with Crippen LogP contribution in [0.25, 0.3) is 11.1 Å². The summed E-state index contributed by atoms with van der Waals surface area (Å²) in [4.78, 5) is 32.5. The summed E-state index contributed by atoms with van der Waals surface area (Å²) in [5.74, 6) is -0.705. The highest BCUT2D eigenvalue weighted by Crippen LogP contribution is 2.25. The number of esters is 1. The third-order valence-electron chi connectivity index (χ3n) is 3.73. The van der Waals surface area contributed by atoms with Crippen LogP contribution >= 0.6 is 0 Å². The Morgan fingerprint density at radius 1 is 0.741 bits per heavy atom. The molecule has 0 aliphatic rings. The number of nitro benzene ring substituents is 2. The number of carbonyl (C=O) groups excluding carboxylic acids is 1. The molecule has 0 amide bonds. The van der Waals surface area contributed by atoms with E-state index in [2.05, 4.69) is 0 Å². The average molecular weight is 364 g/mol. The van der Waals surface area contributed by atoms with Crippen LogP contribution in [-0.2, 0) is 0 Å². The van der Waals surface area contributed by atoms with Crippen molar-refractivity contribution >= 4 is 17.3 Å². The van der Waals surface area contributed by atoms with Gasteiger partial charge < -0.3 is 4.74 Å². The zero-order valence-corrected chi connectivity index (χ0v) is 13.8. The van der Waals surface area contributed by atoms with Crippen LogP contribution in [-0.4, -0.2) is 15.8 Å². The molecule has 0 aliphatic heterocycles. The molecular weight excluding hydrogens is 352 g/mol. The summed E-state index contributed by atoms with van der Waals surface area (Å²) in [6.45, 7) is 0. The highest BCUT2D eigenvalue weighted by atomic mass is 16.6. The number of carbonyl (C=O) groups is 1. The van der Waals surface area contributed by atoms with Crippen molar-refractivity contribution in [3.8, 4) is 16.9 Å². The largest absolute Gasteiger partial charge is 0.423 e. The standard InChI is InChI=1S/C19H12N2O6/c22-19(15-10-16(20(23)24)12-17(11-15)21(25)26)27-18-8-6-14(7-9-18)13-4-2-1-3-5-13/h1-12H. The SMILES string of the molecule is O=C(Oc1ccc(-c2ccccc2)cc1)c1cc([N+](=O)[O-])cc([N+](=O)[O-])c1. The van der Waals surface area contributed by atoms with Crippen molar-refractivity contribution in [1.29, 1.82) is 0 Å². The van der Waals surface area contributed by atoms with E-state index in [1.807, 2.05) is 30.3 Å². The van der Waals surface area contributed by atoms with Crippen LogP contribution < -0.4 is 4.74 Å². The van der Waals surface area contributed by atoms with Gasteiger partial charge in [-0.25, -0.2) is 4.79 Å². The zero-order chi connectivity index (χ0) is 19.4. The molecule has 0 heterocycles. The van der Waals surface area contributed by atoms with Crippen LogP contribution in [0, 0.1) is 20.2 Å². The van der Waals surface area contributed by atoms with Crippen LogP contribution in [0.4, 0.5) is 11.4 Å². The zero-order valence-electron chi connectivity index (χ0n) is 13.8. The van der Waals surface area contributed by atoms with Crippen LogP contribution in [0.3, 0.4) is 0 Å². The lowest BCUT2D eigenvalue weighted by molar-refractivity contribution is -0.394. The van der Waals surface area contributed by atoms with Crippen molar-refractivity contribution in [3.63, 3.8) is 0 Å². The number of non-ortho nitro benzene ring substituents is 2. The molecule has 8 nitrogen and oxygen atoms in total. The Morgan fingerprint density at radius 2 is 1.26 bits per heavy atom. The summed E-state index contributed by atoms with van der Waals surface area (Å²) in [6, 6.07) is 18.9. The minimum atomic E-state index is -0.922. The molecule has 0 unspecified atom stereocenters. The number of hydrogen-bond acceptors (Lipinski definition) is 6. The van der Waals surface area contributed by atoms with Crippen LogP contribution in [0.15, 0.2) is 72.8 Å². The van der Waals surface area contributed by atoms with Crippen molar-refractivity contribution < 1.29 is 19.4 Å². The molecule has 0 saturated carbocycles. The van der Waals surface area contributed by atoms with Gasteiger partial charge in [0.2, 0.25) is 0 Å². The number of ether oxygens (including phenoxy) is 1. The fraction of sp³-hybridized carbons (Fsp3) is 0. The predicted octanol–water partition coefficient (Wildman–Crippen LogP) is 4.39. The topological polar surface area (TPSA) is 113 Å². The fourth-order valence-electron chi connectivity index (χ4n) is 2.44. The van der Waals surface area contributed by atoms with Crippen LogP contribution in [0.5, 0.6) is 5.75 Å². The summed E-state index contributed by atoms with van der Waals surface area (Å²) in [6.07, 6.45) is 0. The Kier molecular flexibility index (Phi) is 4.89. The first-order valence-corrected chi connectivity index (χ1v) is 7.75. The molecule has 3 rings (SSSR count). The van der Waals surface area contributed by atoms with Crippen LogP contribution in [0.2, 0.25) is 0 Å². The molecule has 0 atom stereocenters. The van der Waals surface area contributed by atoms with E-state index in [1.54, 1.807) is 24.3 Å².